The highest BCUT2D eigenvalue weighted by atomic mass is 16.5. The average Bonchev–Trinajstić information content (AvgIpc) is 2.45. The molecule has 2 rings (SSSR count). The van der Waals surface area contributed by atoms with Gasteiger partial charge in [0.25, 0.3) is 0 Å². The monoisotopic (exact) mass is 293 g/mol. The predicted molar refractivity (Wildman–Crippen MR) is 82.4 cm³/mol. The summed E-state index contributed by atoms with van der Waals surface area (Å²) in [6.07, 6.45) is 5.89. The molecule has 4 nitrogen and oxygen atoms in total. The van der Waals surface area contributed by atoms with Gasteiger partial charge in [-0.05, 0) is 23.8 Å². The van der Waals surface area contributed by atoms with Gasteiger partial charge in [-0.15, -0.1) is 0 Å². The van der Waals surface area contributed by atoms with Crippen LogP contribution in [0.25, 0.3) is 0 Å². The molecule has 4 heteroatoms. The van der Waals surface area contributed by atoms with Crippen LogP contribution in [0.15, 0.2) is 23.8 Å². The lowest BCUT2D eigenvalue weighted by atomic mass is 9.63. The molecule has 2 aliphatic carbocycles. The maximum absolute atomic E-state index is 12.2. The molecular formula is C17H27NO3. The van der Waals surface area contributed by atoms with Gasteiger partial charge < -0.3 is 15.6 Å². The number of hydrogen-bond acceptors (Lipinski definition) is 4. The molecule has 4 unspecified atom stereocenters. The van der Waals surface area contributed by atoms with E-state index >= 15 is 0 Å². The first-order valence-corrected chi connectivity index (χ1v) is 7.88. The van der Waals surface area contributed by atoms with Crippen LogP contribution in [0.5, 0.6) is 0 Å². The highest BCUT2D eigenvalue weighted by Crippen LogP contribution is 2.43. The van der Waals surface area contributed by atoms with E-state index in [1.54, 1.807) is 6.08 Å². The first kappa shape index (κ1) is 16.2. The minimum Gasteiger partial charge on any atom is -0.460 e. The fourth-order valence-electron chi connectivity index (χ4n) is 3.20. The molecule has 0 aromatic rings. The van der Waals surface area contributed by atoms with E-state index in [2.05, 4.69) is 19.9 Å². The Kier molecular flexibility index (Phi) is 4.59. The molecular weight excluding hydrogens is 266 g/mol. The SMILES string of the molecule is CC[C@H](C)C(=O)O[C@H]1CC(O)C=C2C=CC(C)C(C)C21N. The van der Waals surface area contributed by atoms with Crippen molar-refractivity contribution in [1.29, 1.82) is 0 Å². The number of ether oxygens (including phenoxy) is 1. The Bertz CT molecular complexity index is 471. The number of esters is 1. The fourth-order valence-corrected chi connectivity index (χ4v) is 3.20. The van der Waals surface area contributed by atoms with Gasteiger partial charge in [-0.2, -0.15) is 0 Å². The van der Waals surface area contributed by atoms with Crippen LogP contribution in [0.3, 0.4) is 0 Å². The highest BCUT2D eigenvalue weighted by molar-refractivity contribution is 5.72. The van der Waals surface area contributed by atoms with Gasteiger partial charge in [0.2, 0.25) is 0 Å². The summed E-state index contributed by atoms with van der Waals surface area (Å²) in [4.78, 5) is 12.2. The second kappa shape index (κ2) is 5.93. The van der Waals surface area contributed by atoms with Gasteiger partial charge in [-0.25, -0.2) is 0 Å². The van der Waals surface area contributed by atoms with Crippen LogP contribution in [-0.4, -0.2) is 28.8 Å². The molecule has 3 N–H and O–H groups in total. The molecule has 0 heterocycles. The normalized spacial score (nSPS) is 40.2. The number of hydrogen-bond donors (Lipinski definition) is 2. The molecule has 0 fully saturated rings. The number of nitrogens with two attached hydrogens (primary N) is 1. The summed E-state index contributed by atoms with van der Waals surface area (Å²) in [6.45, 7) is 8.02. The molecule has 118 valence electrons. The standard InChI is InChI=1S/C17H27NO3/c1-5-10(2)16(20)21-15-9-14(19)8-13-7-6-11(3)12(4)17(13,15)18/h6-8,10-12,14-15,19H,5,9,18H2,1-4H3/t10-,11?,12?,14?,15-,17?/m0/s1. The number of aliphatic hydroxyl groups is 1. The van der Waals surface area contributed by atoms with E-state index in [0.717, 1.165) is 12.0 Å². The molecule has 0 saturated carbocycles. The predicted octanol–water partition coefficient (Wildman–Crippen LogP) is 2.17. The van der Waals surface area contributed by atoms with E-state index in [9.17, 15) is 9.90 Å². The molecule has 0 aliphatic heterocycles. The summed E-state index contributed by atoms with van der Waals surface area (Å²) < 4.78 is 5.71. The molecule has 0 saturated heterocycles. The van der Waals surface area contributed by atoms with Gasteiger partial charge >= 0.3 is 5.97 Å². The average molecular weight is 293 g/mol. The molecule has 0 aromatic carbocycles. The lowest BCUT2D eigenvalue weighted by Gasteiger charge is -2.49. The van der Waals surface area contributed by atoms with Crippen LogP contribution in [0.2, 0.25) is 0 Å². The number of carbonyl (C=O) groups excluding carboxylic acids is 1. The van der Waals surface area contributed by atoms with Crippen LogP contribution in [0.4, 0.5) is 0 Å². The van der Waals surface area contributed by atoms with E-state index in [1.165, 1.54) is 0 Å². The van der Waals surface area contributed by atoms with Gasteiger partial charge in [0.1, 0.15) is 6.10 Å². The van der Waals surface area contributed by atoms with E-state index in [-0.39, 0.29) is 17.8 Å². The summed E-state index contributed by atoms with van der Waals surface area (Å²) in [5.41, 5.74) is 6.86. The zero-order chi connectivity index (χ0) is 15.8. The van der Waals surface area contributed by atoms with Crippen molar-refractivity contribution < 1.29 is 14.6 Å². The van der Waals surface area contributed by atoms with Crippen LogP contribution in [-0.2, 0) is 9.53 Å². The first-order valence-electron chi connectivity index (χ1n) is 7.88. The fraction of sp³-hybridized carbons (Fsp3) is 0.706. The second-order valence-electron chi connectivity index (χ2n) is 6.60. The van der Waals surface area contributed by atoms with Crippen molar-refractivity contribution in [3.05, 3.63) is 23.8 Å². The molecule has 2 aliphatic rings. The topological polar surface area (TPSA) is 72.5 Å². The Morgan fingerprint density at radius 3 is 2.86 bits per heavy atom. The maximum atomic E-state index is 12.2. The van der Waals surface area contributed by atoms with Crippen molar-refractivity contribution in [3.8, 4) is 0 Å². The Balaban J connectivity index is 2.31. The summed E-state index contributed by atoms with van der Waals surface area (Å²) in [5.74, 6) is 0.0883. The third-order valence-electron chi connectivity index (χ3n) is 5.25. The number of fused-ring (bicyclic) bond motifs is 1. The zero-order valence-electron chi connectivity index (χ0n) is 13.4. The quantitative estimate of drug-likeness (QED) is 0.782. The Hall–Kier alpha value is -1.13. The van der Waals surface area contributed by atoms with Crippen molar-refractivity contribution in [2.45, 2.75) is 58.3 Å². The van der Waals surface area contributed by atoms with Crippen molar-refractivity contribution in [2.24, 2.45) is 23.5 Å². The summed E-state index contributed by atoms with van der Waals surface area (Å²) in [7, 11) is 0. The van der Waals surface area contributed by atoms with E-state index in [0.29, 0.717) is 12.3 Å². The molecule has 21 heavy (non-hydrogen) atoms. The Morgan fingerprint density at radius 2 is 2.24 bits per heavy atom. The number of carbonyl (C=O) groups is 1. The van der Waals surface area contributed by atoms with Crippen molar-refractivity contribution in [3.63, 3.8) is 0 Å². The van der Waals surface area contributed by atoms with Crippen molar-refractivity contribution in [1.82, 2.24) is 0 Å². The molecule has 0 bridgehead atoms. The smallest absolute Gasteiger partial charge is 0.308 e. The summed E-state index contributed by atoms with van der Waals surface area (Å²) >= 11 is 0. The Labute approximate surface area is 127 Å². The largest absolute Gasteiger partial charge is 0.460 e. The van der Waals surface area contributed by atoms with E-state index < -0.39 is 17.7 Å². The van der Waals surface area contributed by atoms with Gasteiger partial charge in [0.15, 0.2) is 0 Å². The maximum Gasteiger partial charge on any atom is 0.308 e. The van der Waals surface area contributed by atoms with E-state index in [4.69, 9.17) is 10.5 Å². The van der Waals surface area contributed by atoms with Crippen LogP contribution in [0.1, 0.15) is 40.5 Å². The van der Waals surface area contributed by atoms with Crippen LogP contribution in [0, 0.1) is 17.8 Å². The molecule has 0 amide bonds. The van der Waals surface area contributed by atoms with E-state index in [1.807, 2.05) is 19.9 Å². The van der Waals surface area contributed by atoms with Gasteiger partial charge in [-0.1, -0.05) is 45.9 Å². The number of aliphatic hydroxyl groups excluding tert-OH is 1. The van der Waals surface area contributed by atoms with Crippen molar-refractivity contribution in [2.75, 3.05) is 0 Å². The lowest BCUT2D eigenvalue weighted by molar-refractivity contribution is -0.160. The number of rotatable bonds is 3. The third kappa shape index (κ3) is 2.79. The van der Waals surface area contributed by atoms with Gasteiger partial charge in [0.05, 0.1) is 17.6 Å². The van der Waals surface area contributed by atoms with Gasteiger partial charge in [-0.3, -0.25) is 4.79 Å². The van der Waals surface area contributed by atoms with Crippen molar-refractivity contribution >= 4 is 5.97 Å². The summed E-state index contributed by atoms with van der Waals surface area (Å²) in [6, 6.07) is 0. The minimum absolute atomic E-state index is 0.146. The third-order valence-corrected chi connectivity index (χ3v) is 5.25. The molecule has 0 spiro atoms. The van der Waals surface area contributed by atoms with Crippen LogP contribution < -0.4 is 5.73 Å². The van der Waals surface area contributed by atoms with Crippen LogP contribution >= 0.6 is 0 Å². The second-order valence-corrected chi connectivity index (χ2v) is 6.60. The molecule has 0 radical (unpaired) electrons. The molecule has 0 aromatic heterocycles. The highest BCUT2D eigenvalue weighted by Gasteiger charge is 2.50. The zero-order valence-corrected chi connectivity index (χ0v) is 13.4. The Morgan fingerprint density at radius 1 is 1.57 bits per heavy atom. The summed E-state index contributed by atoms with van der Waals surface area (Å²) in [5, 5.41) is 10.0. The minimum atomic E-state index is -0.712. The lowest BCUT2D eigenvalue weighted by Crippen LogP contribution is -2.63. The van der Waals surface area contributed by atoms with Gasteiger partial charge in [0, 0.05) is 6.42 Å². The number of allylic oxidation sites excluding steroid dienone is 1. The molecule has 6 atom stereocenters. The first-order chi connectivity index (χ1) is 9.80.